The number of ether oxygens (including phenoxy) is 3. The molecular formula is C18H18ClN3O7S. The average molecular weight is 456 g/mol. The first-order valence-corrected chi connectivity index (χ1v) is 10.6. The lowest BCUT2D eigenvalue weighted by Gasteiger charge is -2.26. The number of amidine groups is 1. The summed E-state index contributed by atoms with van der Waals surface area (Å²) in [5.74, 6) is -0.581. The molecule has 2 aliphatic rings. The van der Waals surface area contributed by atoms with Crippen LogP contribution in [0.2, 0.25) is 5.02 Å². The minimum Gasteiger partial charge on any atom is -0.495 e. The van der Waals surface area contributed by atoms with Crippen molar-refractivity contribution in [3.8, 4) is 11.5 Å². The molecule has 0 spiro atoms. The molecular weight excluding hydrogens is 438 g/mol. The predicted molar refractivity (Wildman–Crippen MR) is 109 cm³/mol. The molecule has 0 aliphatic carbocycles. The molecule has 2 aliphatic heterocycles. The molecule has 1 aromatic carbocycles. The Kier molecular flexibility index (Phi) is 6.32. The number of hydrogen-bond donors (Lipinski definition) is 1. The van der Waals surface area contributed by atoms with Crippen LogP contribution in [0.3, 0.4) is 0 Å². The van der Waals surface area contributed by atoms with Crippen LogP contribution in [-0.4, -0.2) is 64.2 Å². The van der Waals surface area contributed by atoms with E-state index in [1.807, 2.05) is 0 Å². The standard InChI is InChI=1S/C18H18ClN3O7S/c1-27-14-8-15(28-2)13(7-12(14)19)20-17(23)10-29-18(24)11-3-4-16-21-30(25,26)6-5-22(16)9-11/h3-4,7-9H,5-6,10H2,1-2H3,(H,20,23). The number of carbonyl (C=O) groups excluding carboxylic acids is 2. The summed E-state index contributed by atoms with van der Waals surface area (Å²) in [7, 11) is -0.617. The summed E-state index contributed by atoms with van der Waals surface area (Å²) in [5, 5.41) is 2.82. The van der Waals surface area contributed by atoms with E-state index >= 15 is 0 Å². The fraction of sp³-hybridized carbons (Fsp3) is 0.278. The van der Waals surface area contributed by atoms with E-state index in [2.05, 4.69) is 9.71 Å². The van der Waals surface area contributed by atoms with Crippen molar-refractivity contribution in [3.05, 3.63) is 41.1 Å². The summed E-state index contributed by atoms with van der Waals surface area (Å²) in [6.07, 6.45) is 4.21. The first-order valence-electron chi connectivity index (χ1n) is 8.60. The van der Waals surface area contributed by atoms with E-state index in [0.29, 0.717) is 11.5 Å². The number of hydrogen-bond acceptors (Lipinski definition) is 8. The first-order chi connectivity index (χ1) is 14.2. The number of benzene rings is 1. The minimum atomic E-state index is -3.49. The van der Waals surface area contributed by atoms with Gasteiger partial charge in [0.25, 0.3) is 15.9 Å². The zero-order chi connectivity index (χ0) is 21.9. The van der Waals surface area contributed by atoms with Gasteiger partial charge in [-0.25, -0.2) is 13.2 Å². The van der Waals surface area contributed by atoms with Gasteiger partial charge in [0.15, 0.2) is 6.61 Å². The Morgan fingerprint density at radius 3 is 2.63 bits per heavy atom. The lowest BCUT2D eigenvalue weighted by molar-refractivity contribution is -0.143. The van der Waals surface area contributed by atoms with Crippen molar-refractivity contribution in [3.63, 3.8) is 0 Å². The third-order valence-corrected chi connectivity index (χ3v) is 5.60. The van der Waals surface area contributed by atoms with E-state index in [9.17, 15) is 18.0 Å². The Bertz CT molecular complexity index is 1080. The maximum Gasteiger partial charge on any atom is 0.340 e. The molecule has 1 amide bonds. The van der Waals surface area contributed by atoms with Crippen molar-refractivity contribution in [1.82, 2.24) is 4.90 Å². The highest BCUT2D eigenvalue weighted by Gasteiger charge is 2.25. The molecule has 2 heterocycles. The van der Waals surface area contributed by atoms with Crippen molar-refractivity contribution < 1.29 is 32.2 Å². The molecule has 10 nitrogen and oxygen atoms in total. The molecule has 0 fully saturated rings. The normalized spacial score (nSPS) is 16.7. The zero-order valence-electron chi connectivity index (χ0n) is 16.0. The van der Waals surface area contributed by atoms with Gasteiger partial charge in [-0.3, -0.25) is 4.79 Å². The van der Waals surface area contributed by atoms with Crippen LogP contribution in [0.15, 0.2) is 40.5 Å². The van der Waals surface area contributed by atoms with Crippen LogP contribution < -0.4 is 14.8 Å². The van der Waals surface area contributed by atoms with E-state index in [0.717, 1.165) is 0 Å². The number of esters is 1. The minimum absolute atomic E-state index is 0.155. The van der Waals surface area contributed by atoms with Gasteiger partial charge in [-0.1, -0.05) is 11.6 Å². The van der Waals surface area contributed by atoms with Crippen molar-refractivity contribution >= 4 is 45.0 Å². The fourth-order valence-corrected chi connectivity index (χ4v) is 3.89. The molecule has 0 unspecified atom stereocenters. The quantitative estimate of drug-likeness (QED) is 0.637. The van der Waals surface area contributed by atoms with Crippen LogP contribution in [0.4, 0.5) is 5.69 Å². The number of nitrogens with zero attached hydrogens (tertiary/aromatic N) is 2. The molecule has 1 aromatic rings. The van der Waals surface area contributed by atoms with Crippen LogP contribution in [0, 0.1) is 0 Å². The Hall–Kier alpha value is -3.05. The van der Waals surface area contributed by atoms with Crippen LogP contribution in [0.5, 0.6) is 11.5 Å². The van der Waals surface area contributed by atoms with E-state index in [1.165, 1.54) is 49.6 Å². The molecule has 30 heavy (non-hydrogen) atoms. The van der Waals surface area contributed by atoms with Crippen molar-refractivity contribution in [1.29, 1.82) is 0 Å². The molecule has 160 valence electrons. The Balaban J connectivity index is 1.61. The largest absolute Gasteiger partial charge is 0.495 e. The van der Waals surface area contributed by atoms with Crippen molar-refractivity contribution in [2.24, 2.45) is 4.40 Å². The maximum absolute atomic E-state index is 12.2. The number of carbonyl (C=O) groups is 2. The number of fused-ring (bicyclic) bond motifs is 1. The van der Waals surface area contributed by atoms with Gasteiger partial charge in [-0.05, 0) is 18.2 Å². The fourth-order valence-electron chi connectivity index (χ4n) is 2.68. The maximum atomic E-state index is 12.2. The number of rotatable bonds is 6. The second-order valence-corrected chi connectivity index (χ2v) is 8.32. The van der Waals surface area contributed by atoms with Crippen LogP contribution in [-0.2, 0) is 24.3 Å². The van der Waals surface area contributed by atoms with Crippen molar-refractivity contribution in [2.45, 2.75) is 0 Å². The Labute approximate surface area is 177 Å². The molecule has 1 N–H and O–H groups in total. The smallest absolute Gasteiger partial charge is 0.340 e. The molecule has 0 saturated heterocycles. The van der Waals surface area contributed by atoms with Crippen LogP contribution in [0.25, 0.3) is 0 Å². The highest BCUT2D eigenvalue weighted by Crippen LogP contribution is 2.35. The summed E-state index contributed by atoms with van der Waals surface area (Å²) in [5.41, 5.74) is 0.447. The Morgan fingerprint density at radius 2 is 1.93 bits per heavy atom. The average Bonchev–Trinajstić information content (AvgIpc) is 2.71. The third kappa shape index (κ3) is 4.92. The van der Waals surface area contributed by atoms with E-state index < -0.39 is 28.5 Å². The monoisotopic (exact) mass is 455 g/mol. The van der Waals surface area contributed by atoms with Gasteiger partial charge in [0.05, 0.1) is 36.3 Å². The molecule has 0 radical (unpaired) electrons. The van der Waals surface area contributed by atoms with Gasteiger partial charge in [0.2, 0.25) is 0 Å². The van der Waals surface area contributed by atoms with Gasteiger partial charge < -0.3 is 24.4 Å². The summed E-state index contributed by atoms with van der Waals surface area (Å²) in [6, 6.07) is 2.97. The van der Waals surface area contributed by atoms with E-state index in [-0.39, 0.29) is 34.4 Å². The second-order valence-electron chi connectivity index (χ2n) is 6.16. The Morgan fingerprint density at radius 1 is 1.20 bits per heavy atom. The van der Waals surface area contributed by atoms with E-state index in [4.69, 9.17) is 25.8 Å². The molecule has 0 bridgehead atoms. The lowest BCUT2D eigenvalue weighted by Crippen LogP contribution is -2.37. The molecule has 0 saturated carbocycles. The van der Waals surface area contributed by atoms with Crippen molar-refractivity contribution in [2.75, 3.05) is 38.4 Å². The van der Waals surface area contributed by atoms with Gasteiger partial charge in [-0.15, -0.1) is 4.40 Å². The molecule has 3 rings (SSSR count). The van der Waals surface area contributed by atoms with Crippen LogP contribution in [0.1, 0.15) is 0 Å². The third-order valence-electron chi connectivity index (χ3n) is 4.14. The predicted octanol–water partition coefficient (Wildman–Crippen LogP) is 1.34. The summed E-state index contributed by atoms with van der Waals surface area (Å²) < 4.78 is 42.0. The highest BCUT2D eigenvalue weighted by atomic mass is 35.5. The molecule has 0 aromatic heterocycles. The SMILES string of the molecule is COc1cc(OC)c(NC(=O)COC(=O)C2=CN3CCS(=O)(=O)N=C3C=C2)cc1Cl. The second kappa shape index (κ2) is 8.76. The summed E-state index contributed by atoms with van der Waals surface area (Å²) in [6.45, 7) is -0.382. The van der Waals surface area contributed by atoms with Gasteiger partial charge in [0, 0.05) is 18.8 Å². The van der Waals surface area contributed by atoms with Gasteiger partial charge >= 0.3 is 5.97 Å². The molecule has 12 heteroatoms. The first kappa shape index (κ1) is 21.7. The highest BCUT2D eigenvalue weighted by molar-refractivity contribution is 7.90. The van der Waals surface area contributed by atoms with Gasteiger partial charge in [0.1, 0.15) is 17.3 Å². The number of nitrogens with one attached hydrogen (secondary N) is 1. The number of amides is 1. The van der Waals surface area contributed by atoms with E-state index in [1.54, 1.807) is 0 Å². The van der Waals surface area contributed by atoms with Crippen LogP contribution >= 0.6 is 11.6 Å². The lowest BCUT2D eigenvalue weighted by atomic mass is 10.2. The summed E-state index contributed by atoms with van der Waals surface area (Å²) in [4.78, 5) is 26.0. The van der Waals surface area contributed by atoms with Gasteiger partial charge in [-0.2, -0.15) is 0 Å². The number of methoxy groups -OCH3 is 2. The topological polar surface area (TPSA) is 124 Å². The zero-order valence-corrected chi connectivity index (χ0v) is 17.6. The number of sulfonamides is 1. The molecule has 0 atom stereocenters. The number of anilines is 1. The number of halogens is 1. The summed E-state index contributed by atoms with van der Waals surface area (Å²) >= 11 is 6.06.